The van der Waals surface area contributed by atoms with Crippen LogP contribution in [0.25, 0.3) is 6.08 Å². The van der Waals surface area contributed by atoms with Crippen molar-refractivity contribution in [2.45, 2.75) is 53.9 Å². The van der Waals surface area contributed by atoms with Crippen molar-refractivity contribution in [3.63, 3.8) is 0 Å². The fourth-order valence-corrected chi connectivity index (χ4v) is 3.01. The van der Waals surface area contributed by atoms with Crippen LogP contribution in [0.1, 0.15) is 58.2 Å². The van der Waals surface area contributed by atoms with Gasteiger partial charge in [-0.1, -0.05) is 45.1 Å². The maximum absolute atomic E-state index is 11.5. The summed E-state index contributed by atoms with van der Waals surface area (Å²) in [5.74, 6) is 0.670. The molecule has 0 amide bonds. The second kappa shape index (κ2) is 9.09. The van der Waals surface area contributed by atoms with Crippen molar-refractivity contribution in [1.29, 1.82) is 0 Å². The van der Waals surface area contributed by atoms with E-state index in [-0.39, 0.29) is 11.4 Å². The molecule has 0 bridgehead atoms. The van der Waals surface area contributed by atoms with Gasteiger partial charge in [0.2, 0.25) is 0 Å². The maximum Gasteiger partial charge on any atom is 0.330 e. The summed E-state index contributed by atoms with van der Waals surface area (Å²) in [6.45, 7) is 15.5. The number of esters is 1. The number of ether oxygens (including phenoxy) is 2. The average molecular weight is 381 g/mol. The summed E-state index contributed by atoms with van der Waals surface area (Å²) in [7, 11) is 0. The van der Waals surface area contributed by atoms with Crippen LogP contribution in [0.5, 0.6) is 5.75 Å². The molecule has 150 valence electrons. The third-order valence-electron chi connectivity index (χ3n) is 4.72. The van der Waals surface area contributed by atoms with Crippen LogP contribution in [0.15, 0.2) is 53.2 Å². The van der Waals surface area contributed by atoms with E-state index in [2.05, 4.69) is 52.8 Å². The van der Waals surface area contributed by atoms with Gasteiger partial charge in [-0.25, -0.2) is 4.79 Å². The minimum absolute atomic E-state index is 0.0989. The number of carbonyl (C=O) groups excluding carboxylic acids is 1. The van der Waals surface area contributed by atoms with Gasteiger partial charge in [0.15, 0.2) is 0 Å². The number of aryl methyl sites for hydroxylation is 1. The van der Waals surface area contributed by atoms with E-state index in [4.69, 9.17) is 9.47 Å². The summed E-state index contributed by atoms with van der Waals surface area (Å²) in [4.78, 5) is 11.5. The Morgan fingerprint density at radius 2 is 1.96 bits per heavy atom. The van der Waals surface area contributed by atoms with E-state index < -0.39 is 0 Å². The average Bonchev–Trinajstić information content (AvgIpc) is 2.60. The zero-order valence-corrected chi connectivity index (χ0v) is 18.2. The lowest BCUT2D eigenvalue weighted by Gasteiger charge is -2.25. The third-order valence-corrected chi connectivity index (χ3v) is 4.72. The van der Waals surface area contributed by atoms with Gasteiger partial charge in [0.05, 0.1) is 6.61 Å². The SMILES string of the molecule is CCOC(=O)/C=C(C)/C=C/C=C(\C)C1=Cc2cc(C(C)(C)C)cc(C)c2OC1. The van der Waals surface area contributed by atoms with Crippen LogP contribution in [-0.2, 0) is 14.9 Å². The van der Waals surface area contributed by atoms with E-state index >= 15 is 0 Å². The molecule has 2 rings (SSSR count). The molecule has 0 atom stereocenters. The van der Waals surface area contributed by atoms with Crippen LogP contribution >= 0.6 is 0 Å². The van der Waals surface area contributed by atoms with E-state index in [1.54, 1.807) is 6.92 Å². The zero-order valence-electron chi connectivity index (χ0n) is 18.2. The van der Waals surface area contributed by atoms with Gasteiger partial charge in [0.25, 0.3) is 0 Å². The highest BCUT2D eigenvalue weighted by atomic mass is 16.5. The van der Waals surface area contributed by atoms with Gasteiger partial charge in [0.1, 0.15) is 12.4 Å². The molecule has 1 aliphatic heterocycles. The number of hydrogen-bond acceptors (Lipinski definition) is 3. The molecule has 0 saturated carbocycles. The monoisotopic (exact) mass is 380 g/mol. The molecule has 0 aliphatic carbocycles. The van der Waals surface area contributed by atoms with Crippen molar-refractivity contribution in [2.24, 2.45) is 0 Å². The highest BCUT2D eigenvalue weighted by Crippen LogP contribution is 2.36. The molecule has 0 radical (unpaired) electrons. The van der Waals surface area contributed by atoms with E-state index in [0.29, 0.717) is 13.2 Å². The van der Waals surface area contributed by atoms with Crippen molar-refractivity contribution in [3.8, 4) is 5.75 Å². The second-order valence-corrected chi connectivity index (χ2v) is 8.27. The van der Waals surface area contributed by atoms with Crippen molar-refractivity contribution in [1.82, 2.24) is 0 Å². The largest absolute Gasteiger partial charge is 0.488 e. The second-order valence-electron chi connectivity index (χ2n) is 8.27. The first-order valence-corrected chi connectivity index (χ1v) is 9.80. The third kappa shape index (κ3) is 5.72. The summed E-state index contributed by atoms with van der Waals surface area (Å²) in [6, 6.07) is 4.46. The van der Waals surface area contributed by atoms with Crippen LogP contribution in [0.2, 0.25) is 0 Å². The van der Waals surface area contributed by atoms with Crippen molar-refractivity contribution in [2.75, 3.05) is 13.2 Å². The molecule has 1 aliphatic rings. The Hall–Kier alpha value is -2.55. The minimum Gasteiger partial charge on any atom is -0.488 e. The van der Waals surface area contributed by atoms with Crippen molar-refractivity contribution in [3.05, 3.63) is 69.8 Å². The minimum atomic E-state index is -0.310. The molecular weight excluding hydrogens is 348 g/mol. The van der Waals surface area contributed by atoms with Crippen molar-refractivity contribution >= 4 is 12.0 Å². The highest BCUT2D eigenvalue weighted by molar-refractivity contribution is 5.83. The number of benzene rings is 1. The fraction of sp³-hybridized carbons (Fsp3) is 0.400. The molecule has 0 aromatic heterocycles. The maximum atomic E-state index is 11.5. The van der Waals surface area contributed by atoms with Gasteiger partial charge in [-0.2, -0.15) is 0 Å². The molecule has 0 fully saturated rings. The summed E-state index contributed by atoms with van der Waals surface area (Å²) in [6.07, 6.45) is 9.62. The lowest BCUT2D eigenvalue weighted by Crippen LogP contribution is -2.14. The predicted molar refractivity (Wildman–Crippen MR) is 117 cm³/mol. The van der Waals surface area contributed by atoms with Gasteiger partial charge < -0.3 is 9.47 Å². The Balaban J connectivity index is 2.23. The molecule has 0 saturated heterocycles. The summed E-state index contributed by atoms with van der Waals surface area (Å²) < 4.78 is 11.0. The number of carbonyl (C=O) groups is 1. The van der Waals surface area contributed by atoms with E-state index in [0.717, 1.165) is 28.0 Å². The summed E-state index contributed by atoms with van der Waals surface area (Å²) >= 11 is 0. The Kier molecular flexibility index (Phi) is 7.06. The Morgan fingerprint density at radius 1 is 1.25 bits per heavy atom. The van der Waals surface area contributed by atoms with Gasteiger partial charge in [0, 0.05) is 11.6 Å². The number of hydrogen-bond donors (Lipinski definition) is 0. The lowest BCUT2D eigenvalue weighted by molar-refractivity contribution is -0.137. The molecule has 0 unspecified atom stereocenters. The van der Waals surface area contributed by atoms with Gasteiger partial charge in [-0.15, -0.1) is 0 Å². The number of rotatable bonds is 5. The van der Waals surface area contributed by atoms with Crippen LogP contribution in [0, 0.1) is 6.92 Å². The first-order chi connectivity index (χ1) is 13.1. The van der Waals surface area contributed by atoms with E-state index in [1.165, 1.54) is 17.2 Å². The molecule has 1 aromatic carbocycles. The Bertz CT molecular complexity index is 859. The van der Waals surface area contributed by atoms with Gasteiger partial charge >= 0.3 is 5.97 Å². The zero-order chi connectivity index (χ0) is 20.9. The van der Waals surface area contributed by atoms with Gasteiger partial charge in [-0.3, -0.25) is 0 Å². The molecule has 0 spiro atoms. The smallest absolute Gasteiger partial charge is 0.330 e. The normalized spacial score (nSPS) is 15.2. The molecule has 1 aromatic rings. The fourth-order valence-electron chi connectivity index (χ4n) is 3.01. The van der Waals surface area contributed by atoms with E-state index in [1.807, 2.05) is 25.2 Å². The van der Waals surface area contributed by atoms with Crippen molar-refractivity contribution < 1.29 is 14.3 Å². The standard InChI is InChI=1S/C25H32O3/c1-8-27-23(26)12-17(2)10-9-11-18(3)21-14-20-15-22(25(5,6)7)13-19(4)24(20)28-16-21/h9-15H,8,16H2,1-7H3/b10-9+,17-12+,18-11+. The summed E-state index contributed by atoms with van der Waals surface area (Å²) in [5, 5.41) is 0. The number of allylic oxidation sites excluding steroid dienone is 4. The summed E-state index contributed by atoms with van der Waals surface area (Å²) in [5.41, 5.74) is 6.89. The van der Waals surface area contributed by atoms with Crippen LogP contribution in [-0.4, -0.2) is 19.2 Å². The van der Waals surface area contributed by atoms with Gasteiger partial charge in [-0.05, 0) is 73.1 Å². The Labute approximate surface area is 169 Å². The van der Waals surface area contributed by atoms with Crippen LogP contribution in [0.3, 0.4) is 0 Å². The first kappa shape index (κ1) is 21.7. The van der Waals surface area contributed by atoms with Crippen LogP contribution in [0.4, 0.5) is 0 Å². The highest BCUT2D eigenvalue weighted by Gasteiger charge is 2.20. The molecule has 3 heteroatoms. The predicted octanol–water partition coefficient (Wildman–Crippen LogP) is 6.08. The van der Waals surface area contributed by atoms with Crippen LogP contribution < -0.4 is 4.74 Å². The Morgan fingerprint density at radius 3 is 2.61 bits per heavy atom. The quantitative estimate of drug-likeness (QED) is 0.353. The lowest BCUT2D eigenvalue weighted by atomic mass is 9.84. The molecule has 0 N–H and O–H groups in total. The molecule has 28 heavy (non-hydrogen) atoms. The molecule has 3 nitrogen and oxygen atoms in total. The number of fused-ring (bicyclic) bond motifs is 1. The molecule has 1 heterocycles. The first-order valence-electron chi connectivity index (χ1n) is 9.80. The van der Waals surface area contributed by atoms with E-state index in [9.17, 15) is 4.79 Å². The topological polar surface area (TPSA) is 35.5 Å². The molecular formula is C25H32O3.